The maximum atomic E-state index is 12.6. The molecule has 0 spiro atoms. The van der Waals surface area contributed by atoms with Gasteiger partial charge in [-0.3, -0.25) is 0 Å². The van der Waals surface area contributed by atoms with Crippen molar-refractivity contribution < 1.29 is 23.1 Å². The first-order valence-electron chi connectivity index (χ1n) is 6.65. The van der Waals surface area contributed by atoms with Gasteiger partial charge in [0.2, 0.25) is 10.0 Å². The lowest BCUT2D eigenvalue weighted by Crippen LogP contribution is -2.50. The van der Waals surface area contributed by atoms with Crippen molar-refractivity contribution in [3.8, 4) is 0 Å². The normalized spacial score (nSPS) is 26.0. The minimum absolute atomic E-state index is 0.0114. The van der Waals surface area contributed by atoms with Crippen LogP contribution in [0.1, 0.15) is 36.2 Å². The van der Waals surface area contributed by atoms with E-state index in [0.717, 1.165) is 0 Å². The average Bonchev–Trinajstić information content (AvgIpc) is 2.68. The SMILES string of the molecule is Cc1ccc(C(=O)O)cc1S(=O)(=O)NC1(C)CCOC1C. The van der Waals surface area contributed by atoms with Crippen LogP contribution in [0.25, 0.3) is 0 Å². The van der Waals surface area contributed by atoms with Gasteiger partial charge in [0.25, 0.3) is 0 Å². The van der Waals surface area contributed by atoms with Crippen molar-refractivity contribution in [1.82, 2.24) is 4.72 Å². The molecule has 21 heavy (non-hydrogen) atoms. The van der Waals surface area contributed by atoms with E-state index in [2.05, 4.69) is 4.72 Å². The van der Waals surface area contributed by atoms with Gasteiger partial charge in [0.15, 0.2) is 0 Å². The monoisotopic (exact) mass is 313 g/mol. The number of aromatic carboxylic acids is 1. The molecule has 0 aliphatic carbocycles. The standard InChI is InChI=1S/C14H19NO5S/c1-9-4-5-11(13(16)17)8-12(9)21(18,19)15-14(3)6-7-20-10(14)2/h4-5,8,10,15H,6-7H2,1-3H3,(H,16,17). The van der Waals surface area contributed by atoms with Crippen LogP contribution in [0.4, 0.5) is 0 Å². The van der Waals surface area contributed by atoms with Crippen molar-refractivity contribution in [1.29, 1.82) is 0 Å². The summed E-state index contributed by atoms with van der Waals surface area (Å²) in [4.78, 5) is 11.0. The van der Waals surface area contributed by atoms with E-state index < -0.39 is 21.5 Å². The molecule has 1 heterocycles. The lowest BCUT2D eigenvalue weighted by Gasteiger charge is -2.28. The Morgan fingerprint density at radius 2 is 2.14 bits per heavy atom. The van der Waals surface area contributed by atoms with Crippen molar-refractivity contribution in [3.05, 3.63) is 29.3 Å². The maximum Gasteiger partial charge on any atom is 0.335 e. The predicted molar refractivity (Wildman–Crippen MR) is 76.9 cm³/mol. The van der Waals surface area contributed by atoms with Crippen molar-refractivity contribution in [2.45, 2.75) is 43.7 Å². The molecule has 2 rings (SSSR count). The summed E-state index contributed by atoms with van der Waals surface area (Å²) in [6.45, 7) is 5.74. The summed E-state index contributed by atoms with van der Waals surface area (Å²) in [5, 5.41) is 9.01. The highest BCUT2D eigenvalue weighted by molar-refractivity contribution is 7.89. The number of nitrogens with one attached hydrogen (secondary N) is 1. The number of sulfonamides is 1. The molecule has 0 aromatic heterocycles. The van der Waals surface area contributed by atoms with Crippen LogP contribution < -0.4 is 4.72 Å². The van der Waals surface area contributed by atoms with E-state index in [4.69, 9.17) is 9.84 Å². The van der Waals surface area contributed by atoms with Crippen LogP contribution in [0.3, 0.4) is 0 Å². The summed E-state index contributed by atoms with van der Waals surface area (Å²) >= 11 is 0. The zero-order chi connectivity index (χ0) is 15.8. The summed E-state index contributed by atoms with van der Waals surface area (Å²) in [7, 11) is -3.82. The lowest BCUT2D eigenvalue weighted by molar-refractivity contribution is 0.0696. The quantitative estimate of drug-likeness (QED) is 0.879. The zero-order valence-electron chi connectivity index (χ0n) is 12.2. The second kappa shape index (κ2) is 5.40. The van der Waals surface area contributed by atoms with Gasteiger partial charge in [-0.05, 0) is 44.9 Å². The fourth-order valence-corrected chi connectivity index (χ4v) is 4.12. The minimum atomic E-state index is -3.82. The van der Waals surface area contributed by atoms with Gasteiger partial charge in [-0.25, -0.2) is 17.9 Å². The van der Waals surface area contributed by atoms with E-state index in [1.54, 1.807) is 13.8 Å². The van der Waals surface area contributed by atoms with Gasteiger partial charge in [-0.2, -0.15) is 0 Å². The van der Waals surface area contributed by atoms with Crippen molar-refractivity contribution in [2.24, 2.45) is 0 Å². The number of hydrogen-bond acceptors (Lipinski definition) is 4. The summed E-state index contributed by atoms with van der Waals surface area (Å²) in [6.07, 6.45) is 0.334. The number of carboxylic acid groups (broad SMARTS) is 1. The first-order chi connectivity index (χ1) is 9.66. The molecule has 0 amide bonds. The van der Waals surface area contributed by atoms with Gasteiger partial charge in [0, 0.05) is 6.61 Å². The highest BCUT2D eigenvalue weighted by atomic mass is 32.2. The van der Waals surface area contributed by atoms with Crippen LogP contribution in [0.15, 0.2) is 23.1 Å². The Kier molecular flexibility index (Phi) is 4.10. The Labute approximate surface area is 124 Å². The summed E-state index contributed by atoms with van der Waals surface area (Å²) < 4.78 is 33.2. The lowest BCUT2D eigenvalue weighted by atomic mass is 9.97. The molecule has 1 fully saturated rings. The molecule has 0 radical (unpaired) electrons. The number of benzene rings is 1. The number of hydrogen-bond donors (Lipinski definition) is 2. The van der Waals surface area contributed by atoms with Crippen molar-refractivity contribution >= 4 is 16.0 Å². The van der Waals surface area contributed by atoms with E-state index >= 15 is 0 Å². The van der Waals surface area contributed by atoms with Crippen LogP contribution in [-0.2, 0) is 14.8 Å². The highest BCUT2D eigenvalue weighted by Crippen LogP contribution is 2.28. The van der Waals surface area contributed by atoms with Gasteiger partial charge >= 0.3 is 5.97 Å². The molecular formula is C14H19NO5S. The molecule has 6 nitrogen and oxygen atoms in total. The number of rotatable bonds is 4. The van der Waals surface area contributed by atoms with E-state index in [-0.39, 0.29) is 16.6 Å². The molecule has 1 aliphatic heterocycles. The molecule has 0 saturated carbocycles. The average molecular weight is 313 g/mol. The molecule has 1 aromatic rings. The smallest absolute Gasteiger partial charge is 0.335 e. The molecule has 2 unspecified atom stereocenters. The third-order valence-corrected chi connectivity index (χ3v) is 5.73. The van der Waals surface area contributed by atoms with Gasteiger partial charge < -0.3 is 9.84 Å². The van der Waals surface area contributed by atoms with E-state index in [0.29, 0.717) is 18.6 Å². The Bertz CT molecular complexity index is 670. The van der Waals surface area contributed by atoms with Crippen molar-refractivity contribution in [3.63, 3.8) is 0 Å². The summed E-state index contributed by atoms with van der Waals surface area (Å²) in [5.74, 6) is -1.16. The van der Waals surface area contributed by atoms with Gasteiger partial charge in [0.1, 0.15) is 0 Å². The Morgan fingerprint density at radius 1 is 1.48 bits per heavy atom. The topological polar surface area (TPSA) is 92.7 Å². The third-order valence-electron chi connectivity index (χ3n) is 3.98. The van der Waals surface area contributed by atoms with Gasteiger partial charge in [0.05, 0.1) is 22.1 Å². The number of carboxylic acids is 1. The largest absolute Gasteiger partial charge is 0.478 e. The summed E-state index contributed by atoms with van der Waals surface area (Å²) in [5.41, 5.74) is -0.241. The molecule has 1 aliphatic rings. The van der Waals surface area contributed by atoms with Crippen LogP contribution >= 0.6 is 0 Å². The third kappa shape index (κ3) is 3.09. The molecular weight excluding hydrogens is 294 g/mol. The summed E-state index contributed by atoms with van der Waals surface area (Å²) in [6, 6.07) is 4.07. The second-order valence-electron chi connectivity index (χ2n) is 5.57. The fraction of sp³-hybridized carbons (Fsp3) is 0.500. The molecule has 2 N–H and O–H groups in total. The Balaban J connectivity index is 2.40. The first-order valence-corrected chi connectivity index (χ1v) is 8.13. The van der Waals surface area contributed by atoms with Crippen LogP contribution in [-0.4, -0.2) is 37.7 Å². The molecule has 0 bridgehead atoms. The Morgan fingerprint density at radius 3 is 2.67 bits per heavy atom. The first kappa shape index (κ1) is 15.9. The molecule has 1 saturated heterocycles. The Hall–Kier alpha value is -1.44. The molecule has 116 valence electrons. The van der Waals surface area contributed by atoms with Gasteiger partial charge in [-0.1, -0.05) is 6.07 Å². The fourth-order valence-electron chi connectivity index (χ4n) is 2.35. The van der Waals surface area contributed by atoms with E-state index in [1.807, 2.05) is 6.92 Å². The van der Waals surface area contributed by atoms with Crippen LogP contribution in [0.2, 0.25) is 0 Å². The maximum absolute atomic E-state index is 12.6. The minimum Gasteiger partial charge on any atom is -0.478 e. The van der Waals surface area contributed by atoms with E-state index in [1.165, 1.54) is 18.2 Å². The van der Waals surface area contributed by atoms with E-state index in [9.17, 15) is 13.2 Å². The van der Waals surface area contributed by atoms with Crippen molar-refractivity contribution in [2.75, 3.05) is 6.61 Å². The zero-order valence-corrected chi connectivity index (χ0v) is 13.0. The number of carbonyl (C=O) groups is 1. The van der Waals surface area contributed by atoms with Crippen LogP contribution in [0.5, 0.6) is 0 Å². The number of ether oxygens (including phenoxy) is 1. The predicted octanol–water partition coefficient (Wildman–Crippen LogP) is 1.54. The molecule has 7 heteroatoms. The van der Waals surface area contributed by atoms with Crippen LogP contribution in [0, 0.1) is 6.92 Å². The highest BCUT2D eigenvalue weighted by Gasteiger charge is 2.41. The number of aryl methyl sites for hydroxylation is 1. The van der Waals surface area contributed by atoms with Gasteiger partial charge in [-0.15, -0.1) is 0 Å². The molecule has 2 atom stereocenters. The second-order valence-corrected chi connectivity index (χ2v) is 7.22. The molecule has 1 aromatic carbocycles.